The lowest BCUT2D eigenvalue weighted by atomic mass is 9.90. The van der Waals surface area contributed by atoms with Crippen LogP contribution in [-0.4, -0.2) is 21.0 Å². The number of sulfonamides is 1. The second-order valence-electron chi connectivity index (χ2n) is 6.17. The molecule has 2 rings (SSSR count). The van der Waals surface area contributed by atoms with Gasteiger partial charge >= 0.3 is 0 Å². The molecule has 1 aliphatic rings. The Morgan fingerprint density at radius 2 is 2.00 bits per heavy atom. The molecule has 0 radical (unpaired) electrons. The number of hydrogen-bond acceptors (Lipinski definition) is 4. The molecule has 1 fully saturated rings. The van der Waals surface area contributed by atoms with Gasteiger partial charge in [-0.1, -0.05) is 33.1 Å². The molecule has 1 aromatic heterocycles. The first kappa shape index (κ1) is 16.9. The predicted octanol–water partition coefficient (Wildman–Crippen LogP) is 3.10. The minimum absolute atomic E-state index is 0.398. The van der Waals surface area contributed by atoms with Gasteiger partial charge in [-0.2, -0.15) is 0 Å². The van der Waals surface area contributed by atoms with E-state index in [1.807, 2.05) is 5.38 Å². The van der Waals surface area contributed by atoms with Crippen molar-refractivity contribution >= 4 is 21.4 Å². The molecule has 0 atom stereocenters. The number of hydrogen-bond donors (Lipinski definition) is 2. The lowest BCUT2D eigenvalue weighted by Gasteiger charge is -2.21. The molecule has 2 N–H and O–H groups in total. The van der Waals surface area contributed by atoms with E-state index in [0.29, 0.717) is 29.3 Å². The highest BCUT2D eigenvalue weighted by molar-refractivity contribution is 7.91. The Labute approximate surface area is 132 Å². The zero-order valence-electron chi connectivity index (χ0n) is 12.9. The van der Waals surface area contributed by atoms with Crippen LogP contribution < -0.4 is 10.0 Å². The van der Waals surface area contributed by atoms with Crippen LogP contribution in [0.2, 0.25) is 0 Å². The molecule has 0 saturated heterocycles. The van der Waals surface area contributed by atoms with Crippen molar-refractivity contribution in [2.45, 2.75) is 62.7 Å². The van der Waals surface area contributed by atoms with Crippen molar-refractivity contribution < 1.29 is 8.42 Å². The van der Waals surface area contributed by atoms with E-state index in [9.17, 15) is 8.42 Å². The molecule has 0 unspecified atom stereocenters. The minimum atomic E-state index is -3.34. The first-order chi connectivity index (χ1) is 9.97. The molecule has 1 aliphatic carbocycles. The first-order valence-corrected chi connectivity index (χ1v) is 10.1. The molecule has 0 bridgehead atoms. The maximum absolute atomic E-state index is 12.3. The molecule has 120 valence electrons. The summed E-state index contributed by atoms with van der Waals surface area (Å²) in [5.74, 6) is 0.510. The van der Waals surface area contributed by atoms with Crippen LogP contribution in [0.5, 0.6) is 0 Å². The fourth-order valence-corrected chi connectivity index (χ4v) is 4.97. The van der Waals surface area contributed by atoms with Gasteiger partial charge in [0.2, 0.25) is 10.0 Å². The van der Waals surface area contributed by atoms with Gasteiger partial charge in [-0.15, -0.1) is 11.3 Å². The Kier molecular flexibility index (Phi) is 6.22. The average Bonchev–Trinajstić information content (AvgIpc) is 2.94. The third-order valence-electron chi connectivity index (χ3n) is 3.90. The van der Waals surface area contributed by atoms with Crippen LogP contribution in [0.15, 0.2) is 15.7 Å². The Balaban J connectivity index is 1.89. The monoisotopic (exact) mass is 330 g/mol. The number of rotatable bonds is 7. The maximum Gasteiger partial charge on any atom is 0.250 e. The van der Waals surface area contributed by atoms with Crippen LogP contribution in [0.3, 0.4) is 0 Å². The molecule has 0 aromatic carbocycles. The molecule has 0 amide bonds. The van der Waals surface area contributed by atoms with Crippen molar-refractivity contribution in [1.82, 2.24) is 10.0 Å². The lowest BCUT2D eigenvalue weighted by Crippen LogP contribution is -2.29. The summed E-state index contributed by atoms with van der Waals surface area (Å²) in [6, 6.07) is 2.18. The van der Waals surface area contributed by atoms with E-state index >= 15 is 0 Å². The number of nitrogens with one attached hydrogen (secondary N) is 2. The Morgan fingerprint density at radius 3 is 2.67 bits per heavy atom. The smallest absolute Gasteiger partial charge is 0.250 e. The van der Waals surface area contributed by atoms with Gasteiger partial charge in [-0.05, 0) is 35.8 Å². The van der Waals surface area contributed by atoms with Gasteiger partial charge in [0.05, 0.1) is 0 Å². The van der Waals surface area contributed by atoms with Crippen LogP contribution in [-0.2, 0) is 16.6 Å². The van der Waals surface area contributed by atoms with Crippen molar-refractivity contribution in [3.63, 3.8) is 0 Å². The summed E-state index contributed by atoms with van der Waals surface area (Å²) in [7, 11) is -3.34. The summed E-state index contributed by atoms with van der Waals surface area (Å²) in [4.78, 5) is 0. The summed E-state index contributed by atoms with van der Waals surface area (Å²) < 4.78 is 27.8. The SMILES string of the molecule is CC(C)NCc1csc(S(=O)(=O)NCC2CCCCC2)c1. The minimum Gasteiger partial charge on any atom is -0.310 e. The van der Waals surface area contributed by atoms with Crippen LogP contribution in [0, 0.1) is 5.92 Å². The van der Waals surface area contributed by atoms with Crippen molar-refractivity contribution in [3.05, 3.63) is 17.0 Å². The standard InChI is InChI=1S/C15H26N2O2S2/c1-12(2)16-9-14-8-15(20-11-14)21(18,19)17-10-13-6-4-3-5-7-13/h8,11-13,16-17H,3-7,9-10H2,1-2H3. The van der Waals surface area contributed by atoms with E-state index in [1.54, 1.807) is 6.07 Å². The van der Waals surface area contributed by atoms with E-state index < -0.39 is 10.0 Å². The Morgan fingerprint density at radius 1 is 1.29 bits per heavy atom. The molecule has 1 saturated carbocycles. The molecule has 0 spiro atoms. The molecule has 6 heteroatoms. The third-order valence-corrected chi connectivity index (χ3v) is 6.81. The van der Waals surface area contributed by atoms with E-state index in [0.717, 1.165) is 18.4 Å². The highest BCUT2D eigenvalue weighted by atomic mass is 32.2. The van der Waals surface area contributed by atoms with E-state index in [4.69, 9.17) is 0 Å². The zero-order valence-corrected chi connectivity index (χ0v) is 14.5. The van der Waals surface area contributed by atoms with Crippen molar-refractivity contribution in [2.75, 3.05) is 6.54 Å². The summed E-state index contributed by atoms with van der Waals surface area (Å²) in [5.41, 5.74) is 1.03. The molecule has 1 heterocycles. The fourth-order valence-electron chi connectivity index (χ4n) is 2.60. The van der Waals surface area contributed by atoms with Gasteiger partial charge in [0, 0.05) is 19.1 Å². The zero-order chi connectivity index (χ0) is 15.3. The topological polar surface area (TPSA) is 58.2 Å². The highest BCUT2D eigenvalue weighted by Gasteiger charge is 2.20. The quantitative estimate of drug-likeness (QED) is 0.807. The van der Waals surface area contributed by atoms with Crippen LogP contribution in [0.4, 0.5) is 0 Å². The third kappa shape index (κ3) is 5.36. The second kappa shape index (κ2) is 7.72. The van der Waals surface area contributed by atoms with Crippen LogP contribution in [0.25, 0.3) is 0 Å². The van der Waals surface area contributed by atoms with Crippen LogP contribution in [0.1, 0.15) is 51.5 Å². The Hall–Kier alpha value is -0.430. The van der Waals surface area contributed by atoms with Crippen molar-refractivity contribution in [2.24, 2.45) is 5.92 Å². The van der Waals surface area contributed by atoms with Crippen molar-refractivity contribution in [1.29, 1.82) is 0 Å². The second-order valence-corrected chi connectivity index (χ2v) is 9.07. The molecule has 4 nitrogen and oxygen atoms in total. The lowest BCUT2D eigenvalue weighted by molar-refractivity contribution is 0.357. The van der Waals surface area contributed by atoms with Gasteiger partial charge < -0.3 is 5.32 Å². The largest absolute Gasteiger partial charge is 0.310 e. The number of thiophene rings is 1. The highest BCUT2D eigenvalue weighted by Crippen LogP contribution is 2.24. The van der Waals surface area contributed by atoms with E-state index in [1.165, 1.54) is 30.6 Å². The van der Waals surface area contributed by atoms with E-state index in [-0.39, 0.29) is 0 Å². The first-order valence-electron chi connectivity index (χ1n) is 7.78. The van der Waals surface area contributed by atoms with Crippen LogP contribution >= 0.6 is 11.3 Å². The molecular formula is C15H26N2O2S2. The maximum atomic E-state index is 12.3. The normalized spacial score (nSPS) is 17.5. The summed E-state index contributed by atoms with van der Waals surface area (Å²) in [6.07, 6.45) is 6.06. The summed E-state index contributed by atoms with van der Waals surface area (Å²) in [6.45, 7) is 5.46. The summed E-state index contributed by atoms with van der Waals surface area (Å²) >= 11 is 1.30. The summed E-state index contributed by atoms with van der Waals surface area (Å²) in [5, 5.41) is 5.22. The van der Waals surface area contributed by atoms with E-state index in [2.05, 4.69) is 23.9 Å². The van der Waals surface area contributed by atoms with Gasteiger partial charge in [0.25, 0.3) is 0 Å². The van der Waals surface area contributed by atoms with Gasteiger partial charge in [-0.3, -0.25) is 0 Å². The fraction of sp³-hybridized carbons (Fsp3) is 0.733. The molecule has 21 heavy (non-hydrogen) atoms. The van der Waals surface area contributed by atoms with Gasteiger partial charge in [0.15, 0.2) is 0 Å². The van der Waals surface area contributed by atoms with Gasteiger partial charge in [-0.25, -0.2) is 13.1 Å². The molecule has 1 aromatic rings. The van der Waals surface area contributed by atoms with Crippen molar-refractivity contribution in [3.8, 4) is 0 Å². The molecule has 0 aliphatic heterocycles. The molecular weight excluding hydrogens is 304 g/mol. The predicted molar refractivity (Wildman–Crippen MR) is 88.1 cm³/mol. The Bertz CT molecular complexity index is 532. The van der Waals surface area contributed by atoms with Gasteiger partial charge in [0.1, 0.15) is 4.21 Å². The average molecular weight is 331 g/mol.